The number of furan rings is 1. The average Bonchev–Trinajstić information content (AvgIpc) is 3.24. The van der Waals surface area contributed by atoms with Gasteiger partial charge in [0.05, 0.1) is 38.8 Å². The predicted molar refractivity (Wildman–Crippen MR) is 114 cm³/mol. The topological polar surface area (TPSA) is 95.3 Å². The summed E-state index contributed by atoms with van der Waals surface area (Å²) < 4.78 is 43.8. The third-order valence-corrected chi connectivity index (χ3v) is 4.87. The second kappa shape index (κ2) is 9.57. The van der Waals surface area contributed by atoms with Crippen molar-refractivity contribution in [2.45, 2.75) is 13.1 Å². The molecule has 31 heavy (non-hydrogen) atoms. The molecule has 1 amide bonds. The fraction of sp³-hybridized carbons (Fsp3) is 0.227. The van der Waals surface area contributed by atoms with E-state index >= 15 is 0 Å². The number of carbonyl (C=O) groups is 1. The zero-order valence-electron chi connectivity index (χ0n) is 17.4. The lowest BCUT2D eigenvalue weighted by molar-refractivity contribution is 0.0714. The molecule has 9 heteroatoms. The molecule has 0 aliphatic rings. The largest absolute Gasteiger partial charge is 0.497 e. The van der Waals surface area contributed by atoms with E-state index in [0.717, 1.165) is 6.26 Å². The zero-order chi connectivity index (χ0) is 22.4. The minimum absolute atomic E-state index is 0.174. The molecule has 0 unspecified atom stereocenters. The Morgan fingerprint density at radius 2 is 1.77 bits per heavy atom. The Labute approximate surface area is 181 Å². The van der Waals surface area contributed by atoms with E-state index in [2.05, 4.69) is 0 Å². The molecule has 0 N–H and O–H groups in total. The fourth-order valence-corrected chi connectivity index (χ4v) is 3.48. The summed E-state index contributed by atoms with van der Waals surface area (Å²) in [6, 6.07) is 15.0. The maximum Gasteiger partial charge on any atom is 0.306 e. The Morgan fingerprint density at radius 1 is 0.968 bits per heavy atom. The Balaban J connectivity index is 1.92. The van der Waals surface area contributed by atoms with Crippen molar-refractivity contribution in [3.05, 3.63) is 77.7 Å². The number of methoxy groups -OCH3 is 2. The summed E-state index contributed by atoms with van der Waals surface area (Å²) in [7, 11) is -0.649. The van der Waals surface area contributed by atoms with Gasteiger partial charge in [0, 0.05) is 12.6 Å². The van der Waals surface area contributed by atoms with Crippen molar-refractivity contribution in [3.8, 4) is 17.2 Å². The molecule has 3 rings (SSSR count). The third-order valence-electron chi connectivity index (χ3n) is 4.37. The molecule has 1 heterocycles. The number of ether oxygens (including phenoxy) is 2. The van der Waals surface area contributed by atoms with Gasteiger partial charge in [0.15, 0.2) is 0 Å². The first-order valence-electron chi connectivity index (χ1n) is 9.31. The van der Waals surface area contributed by atoms with E-state index < -0.39 is 10.1 Å². The zero-order valence-corrected chi connectivity index (χ0v) is 18.2. The van der Waals surface area contributed by atoms with Gasteiger partial charge in [0.25, 0.3) is 5.91 Å². The van der Waals surface area contributed by atoms with Crippen molar-refractivity contribution in [2.75, 3.05) is 20.5 Å². The molecule has 1 aromatic heterocycles. The standard InChI is InChI=1S/C22H23NO7S/c1-27-17-9-10-20(21(13-17)28-2)22(24)23(15-19-8-5-11-29-19)14-16-6-4-7-18(12-16)30-31(3,25)26/h4-13H,14-15H2,1-3H3. The molecule has 0 saturated heterocycles. The number of hydrogen-bond donors (Lipinski definition) is 0. The third kappa shape index (κ3) is 6.02. The molecule has 0 aliphatic carbocycles. The average molecular weight is 445 g/mol. The van der Waals surface area contributed by atoms with Crippen molar-refractivity contribution in [3.63, 3.8) is 0 Å². The van der Waals surface area contributed by atoms with E-state index in [4.69, 9.17) is 18.1 Å². The van der Waals surface area contributed by atoms with Gasteiger partial charge < -0.3 is 23.0 Å². The van der Waals surface area contributed by atoms with Crippen LogP contribution in [0.1, 0.15) is 21.7 Å². The molecule has 164 valence electrons. The summed E-state index contributed by atoms with van der Waals surface area (Å²) in [5.41, 5.74) is 1.05. The first-order chi connectivity index (χ1) is 14.8. The van der Waals surface area contributed by atoms with Crippen LogP contribution in [0.4, 0.5) is 0 Å². The molecule has 8 nitrogen and oxygen atoms in total. The highest BCUT2D eigenvalue weighted by Gasteiger charge is 2.22. The van der Waals surface area contributed by atoms with Crippen LogP contribution < -0.4 is 13.7 Å². The lowest BCUT2D eigenvalue weighted by Gasteiger charge is -2.23. The predicted octanol–water partition coefficient (Wildman–Crippen LogP) is 3.48. The van der Waals surface area contributed by atoms with Crippen LogP contribution in [-0.4, -0.2) is 39.7 Å². The van der Waals surface area contributed by atoms with Crippen LogP contribution >= 0.6 is 0 Å². The maximum atomic E-state index is 13.4. The van der Waals surface area contributed by atoms with Gasteiger partial charge in [0.2, 0.25) is 0 Å². The van der Waals surface area contributed by atoms with Crippen molar-refractivity contribution in [1.29, 1.82) is 0 Å². The summed E-state index contributed by atoms with van der Waals surface area (Å²) in [5, 5.41) is 0. The Bertz CT molecular complexity index is 1140. The van der Waals surface area contributed by atoms with E-state index in [9.17, 15) is 13.2 Å². The van der Waals surface area contributed by atoms with Crippen molar-refractivity contribution < 1.29 is 31.3 Å². The van der Waals surface area contributed by atoms with E-state index in [1.54, 1.807) is 53.4 Å². The fourth-order valence-electron chi connectivity index (χ4n) is 3.03. The highest BCUT2D eigenvalue weighted by molar-refractivity contribution is 7.86. The van der Waals surface area contributed by atoms with Crippen LogP contribution in [0, 0.1) is 0 Å². The van der Waals surface area contributed by atoms with Crippen LogP contribution in [0.5, 0.6) is 17.2 Å². The lowest BCUT2D eigenvalue weighted by atomic mass is 10.1. The van der Waals surface area contributed by atoms with Gasteiger partial charge in [-0.3, -0.25) is 4.79 Å². The maximum absolute atomic E-state index is 13.4. The summed E-state index contributed by atoms with van der Waals surface area (Å²) in [6.07, 6.45) is 2.51. The number of carbonyl (C=O) groups excluding carboxylic acids is 1. The first-order valence-corrected chi connectivity index (χ1v) is 11.1. The van der Waals surface area contributed by atoms with E-state index in [1.807, 2.05) is 0 Å². The molecule has 0 fully saturated rings. The van der Waals surface area contributed by atoms with E-state index in [0.29, 0.717) is 28.4 Å². The molecule has 0 saturated carbocycles. The smallest absolute Gasteiger partial charge is 0.306 e. The quantitative estimate of drug-likeness (QED) is 0.465. The van der Waals surface area contributed by atoms with Crippen molar-refractivity contribution >= 4 is 16.0 Å². The van der Waals surface area contributed by atoms with Crippen LogP contribution in [0.2, 0.25) is 0 Å². The van der Waals surface area contributed by atoms with Crippen LogP contribution in [-0.2, 0) is 23.2 Å². The molecule has 0 spiro atoms. The van der Waals surface area contributed by atoms with Gasteiger partial charge in [0.1, 0.15) is 23.0 Å². The number of nitrogens with zero attached hydrogens (tertiary/aromatic N) is 1. The molecular formula is C22H23NO7S. The van der Waals surface area contributed by atoms with Gasteiger partial charge >= 0.3 is 10.1 Å². The first kappa shape index (κ1) is 22.2. The second-order valence-electron chi connectivity index (χ2n) is 6.74. The van der Waals surface area contributed by atoms with E-state index in [1.165, 1.54) is 26.5 Å². The van der Waals surface area contributed by atoms with Crippen LogP contribution in [0.15, 0.2) is 65.3 Å². The Hall–Kier alpha value is -3.46. The highest BCUT2D eigenvalue weighted by atomic mass is 32.2. The van der Waals surface area contributed by atoms with Crippen molar-refractivity contribution in [2.24, 2.45) is 0 Å². The number of hydrogen-bond acceptors (Lipinski definition) is 7. The molecule has 0 radical (unpaired) electrons. The van der Waals surface area contributed by atoms with Gasteiger partial charge in [-0.15, -0.1) is 0 Å². The summed E-state index contributed by atoms with van der Waals surface area (Å²) in [4.78, 5) is 15.0. The summed E-state index contributed by atoms with van der Waals surface area (Å²) in [5.74, 6) is 1.43. The molecule has 0 atom stereocenters. The summed E-state index contributed by atoms with van der Waals surface area (Å²) >= 11 is 0. The molecule has 2 aromatic carbocycles. The van der Waals surface area contributed by atoms with Crippen LogP contribution in [0.3, 0.4) is 0 Å². The number of rotatable bonds is 9. The summed E-state index contributed by atoms with van der Waals surface area (Å²) in [6.45, 7) is 0.397. The number of benzene rings is 2. The van der Waals surface area contributed by atoms with Gasteiger partial charge in [-0.25, -0.2) is 0 Å². The van der Waals surface area contributed by atoms with Gasteiger partial charge in [-0.1, -0.05) is 12.1 Å². The molecule has 0 bridgehead atoms. The van der Waals surface area contributed by atoms with Crippen molar-refractivity contribution in [1.82, 2.24) is 4.90 Å². The monoisotopic (exact) mass is 445 g/mol. The van der Waals surface area contributed by atoms with Gasteiger partial charge in [-0.05, 0) is 42.0 Å². The normalized spacial score (nSPS) is 11.1. The Morgan fingerprint density at radius 3 is 2.42 bits per heavy atom. The molecule has 0 aliphatic heterocycles. The Kier molecular flexibility index (Phi) is 6.86. The second-order valence-corrected chi connectivity index (χ2v) is 8.32. The SMILES string of the molecule is COc1ccc(C(=O)N(Cc2cccc(OS(C)(=O)=O)c2)Cc2ccco2)c(OC)c1. The molecular weight excluding hydrogens is 422 g/mol. The highest BCUT2D eigenvalue weighted by Crippen LogP contribution is 2.27. The molecule has 3 aromatic rings. The number of amides is 1. The van der Waals surface area contributed by atoms with Gasteiger partial charge in [-0.2, -0.15) is 8.42 Å². The minimum Gasteiger partial charge on any atom is -0.497 e. The van der Waals surface area contributed by atoms with Crippen LogP contribution in [0.25, 0.3) is 0 Å². The lowest BCUT2D eigenvalue weighted by Crippen LogP contribution is -2.30. The minimum atomic E-state index is -3.66. The van der Waals surface area contributed by atoms with E-state index in [-0.39, 0.29) is 24.7 Å².